The zero-order chi connectivity index (χ0) is 26.4. The van der Waals surface area contributed by atoms with Crippen LogP contribution >= 0.6 is 11.5 Å². The number of aromatic nitrogens is 13. The quantitative estimate of drug-likeness (QED) is 0.304. The summed E-state index contributed by atoms with van der Waals surface area (Å²) in [6.07, 6.45) is 7.24. The Labute approximate surface area is 208 Å². The smallest absolute Gasteiger partial charge is 0.223 e. The summed E-state index contributed by atoms with van der Waals surface area (Å²) in [4.78, 5) is 7.28. The summed E-state index contributed by atoms with van der Waals surface area (Å²) in [5.74, 6) is 2.56. The van der Waals surface area contributed by atoms with Gasteiger partial charge in [-0.25, -0.2) is 0 Å². The number of hydrogen-bond acceptors (Lipinski definition) is 17. The molecular weight excluding hydrogens is 494 g/mol. The lowest BCUT2D eigenvalue weighted by Gasteiger charge is -1.63. The highest BCUT2D eigenvalue weighted by atomic mass is 32.1. The standard InChI is InChI=1S/C4H5NO.3C3H4N2O.C3H4N2S.C2H4N4/c1-4-2-5-6-3-4;1-3-5-4-2-6-3;1-3-4-2-6-5-3;1-3-4-2-5-6-3;1-3-2-6-5-4-3;1-2-3-5-6-4-2/h2-3H,1H3;4*2H,1H3;1H3,(H,3,4,5,6). The molecule has 0 atom stereocenters. The van der Waals surface area contributed by atoms with Gasteiger partial charge in [-0.05, 0) is 39.2 Å². The normalized spacial score (nSPS) is 8.83. The van der Waals surface area contributed by atoms with Crippen LogP contribution in [0.4, 0.5) is 0 Å². The average molecular weight is 520 g/mol. The fraction of sp³-hybridized carbons (Fsp3) is 0.333. The molecule has 0 fully saturated rings. The lowest BCUT2D eigenvalue weighted by atomic mass is 10.4. The molecule has 0 radical (unpaired) electrons. The number of aryl methyl sites for hydroxylation is 6. The van der Waals surface area contributed by atoms with Gasteiger partial charge in [-0.1, -0.05) is 25.2 Å². The maximum absolute atomic E-state index is 4.61. The van der Waals surface area contributed by atoms with E-state index in [1.54, 1.807) is 40.2 Å². The number of tetrazole rings is 1. The monoisotopic (exact) mass is 519 g/mol. The van der Waals surface area contributed by atoms with Crippen molar-refractivity contribution in [3.05, 3.63) is 71.6 Å². The second-order valence-electron chi connectivity index (χ2n) is 6.10. The van der Waals surface area contributed by atoms with Gasteiger partial charge >= 0.3 is 0 Å². The molecule has 0 aliphatic heterocycles. The van der Waals surface area contributed by atoms with Crippen molar-refractivity contribution in [3.63, 3.8) is 0 Å². The number of rotatable bonds is 0. The molecule has 0 amide bonds. The molecule has 6 rings (SSSR count). The molecule has 192 valence electrons. The molecule has 18 heteroatoms. The lowest BCUT2D eigenvalue weighted by Crippen LogP contribution is -1.69. The number of nitrogens with one attached hydrogen (secondary N) is 1. The number of H-pyrrole nitrogens is 1. The van der Waals surface area contributed by atoms with Crippen LogP contribution in [0.25, 0.3) is 0 Å². The lowest BCUT2D eigenvalue weighted by molar-refractivity contribution is 0.392. The summed E-state index contributed by atoms with van der Waals surface area (Å²) in [6.45, 7) is 10.9. The van der Waals surface area contributed by atoms with Gasteiger partial charge in [-0.3, -0.25) is 0 Å². The van der Waals surface area contributed by atoms with E-state index < -0.39 is 0 Å². The minimum atomic E-state index is 0.606. The van der Waals surface area contributed by atoms with E-state index in [1.807, 2.05) is 19.2 Å². The maximum atomic E-state index is 4.61. The Kier molecular flexibility index (Phi) is 15.2. The first-order valence-electron chi connectivity index (χ1n) is 9.85. The van der Waals surface area contributed by atoms with Crippen LogP contribution in [-0.2, 0) is 0 Å². The zero-order valence-electron chi connectivity index (χ0n) is 20.4. The van der Waals surface area contributed by atoms with Crippen molar-refractivity contribution in [1.29, 1.82) is 0 Å². The number of nitrogens with zero attached hydrogens (tertiary/aromatic N) is 12. The van der Waals surface area contributed by atoms with Gasteiger partial charge in [-0.15, -0.1) is 25.5 Å². The van der Waals surface area contributed by atoms with Crippen molar-refractivity contribution < 1.29 is 18.0 Å². The van der Waals surface area contributed by atoms with E-state index in [-0.39, 0.29) is 0 Å². The molecule has 6 heterocycles. The minimum absolute atomic E-state index is 0.606. The van der Waals surface area contributed by atoms with Gasteiger partial charge < -0.3 is 18.0 Å². The summed E-state index contributed by atoms with van der Waals surface area (Å²) < 4.78 is 21.5. The highest BCUT2D eigenvalue weighted by Gasteiger charge is 1.81. The molecular formula is C18H25N13O4S. The van der Waals surface area contributed by atoms with Crippen molar-refractivity contribution in [3.8, 4) is 0 Å². The average Bonchev–Trinajstić information content (AvgIpc) is 3.67. The van der Waals surface area contributed by atoms with Crippen molar-refractivity contribution in [2.24, 2.45) is 0 Å². The summed E-state index contributed by atoms with van der Waals surface area (Å²) in [7, 11) is 0. The van der Waals surface area contributed by atoms with Crippen LogP contribution in [0.2, 0.25) is 0 Å². The van der Waals surface area contributed by atoms with Crippen molar-refractivity contribution >= 4 is 11.5 Å². The Morgan fingerprint density at radius 1 is 0.833 bits per heavy atom. The van der Waals surface area contributed by atoms with E-state index in [4.69, 9.17) is 0 Å². The molecule has 0 aromatic carbocycles. The van der Waals surface area contributed by atoms with Crippen LogP contribution in [0, 0.1) is 41.5 Å². The fourth-order valence-corrected chi connectivity index (χ4v) is 1.78. The van der Waals surface area contributed by atoms with Crippen LogP contribution in [0.15, 0.2) is 54.9 Å². The van der Waals surface area contributed by atoms with Gasteiger partial charge in [0, 0.05) is 24.8 Å². The highest BCUT2D eigenvalue weighted by molar-refractivity contribution is 7.03. The van der Waals surface area contributed by atoms with Crippen molar-refractivity contribution in [1.82, 2.24) is 65.8 Å². The van der Waals surface area contributed by atoms with E-state index in [0.717, 1.165) is 11.3 Å². The molecule has 1 N–H and O–H groups in total. The molecule has 0 saturated heterocycles. The third-order valence-electron chi connectivity index (χ3n) is 2.89. The highest BCUT2D eigenvalue weighted by Crippen LogP contribution is 1.90. The Morgan fingerprint density at radius 2 is 1.67 bits per heavy atom. The second-order valence-corrected chi connectivity index (χ2v) is 6.71. The molecule has 6 aromatic rings. The molecule has 0 saturated carbocycles. The zero-order valence-corrected chi connectivity index (χ0v) is 21.2. The van der Waals surface area contributed by atoms with Crippen molar-refractivity contribution in [2.45, 2.75) is 41.5 Å². The molecule has 0 bridgehead atoms. The van der Waals surface area contributed by atoms with Crippen LogP contribution in [0.5, 0.6) is 0 Å². The minimum Gasteiger partial charge on any atom is -0.428 e. The Morgan fingerprint density at radius 3 is 1.83 bits per heavy atom. The summed E-state index contributed by atoms with van der Waals surface area (Å²) >= 11 is 1.38. The van der Waals surface area contributed by atoms with Gasteiger partial charge in [-0.2, -0.15) is 15.2 Å². The Balaban J connectivity index is 0.000000216. The number of aromatic amines is 1. The maximum Gasteiger partial charge on any atom is 0.223 e. The van der Waals surface area contributed by atoms with E-state index in [0.29, 0.717) is 23.4 Å². The molecule has 17 nitrogen and oxygen atoms in total. The first-order valence-corrected chi connectivity index (χ1v) is 10.7. The van der Waals surface area contributed by atoms with Gasteiger partial charge in [0.2, 0.25) is 24.6 Å². The van der Waals surface area contributed by atoms with Gasteiger partial charge in [0.15, 0.2) is 18.0 Å². The van der Waals surface area contributed by atoms with Crippen LogP contribution in [0.3, 0.4) is 0 Å². The van der Waals surface area contributed by atoms with E-state index in [9.17, 15) is 0 Å². The summed E-state index contributed by atoms with van der Waals surface area (Å²) in [5, 5.41) is 35.4. The molecule has 0 aliphatic rings. The first-order chi connectivity index (χ1) is 17.4. The van der Waals surface area contributed by atoms with Gasteiger partial charge in [0.05, 0.1) is 11.9 Å². The summed E-state index contributed by atoms with van der Waals surface area (Å²) in [6, 6.07) is 0. The molecule has 0 aliphatic carbocycles. The SMILES string of the molecule is Cc1cnoc1.Cc1csnn1.Cc1ncno1.Cc1ncon1.Cc1nn[nH]n1.Cc1nnco1. The van der Waals surface area contributed by atoms with E-state index in [1.165, 1.54) is 30.6 Å². The fourth-order valence-electron chi connectivity index (χ4n) is 1.36. The Bertz CT molecular complexity index is 927. The van der Waals surface area contributed by atoms with Gasteiger partial charge in [0.1, 0.15) is 6.26 Å². The first kappa shape index (κ1) is 29.3. The Hall–Kier alpha value is -4.74. The summed E-state index contributed by atoms with van der Waals surface area (Å²) in [5.41, 5.74) is 2.06. The van der Waals surface area contributed by atoms with Crippen LogP contribution in [0.1, 0.15) is 34.7 Å². The van der Waals surface area contributed by atoms with E-state index in [2.05, 4.69) is 83.8 Å². The van der Waals surface area contributed by atoms with Crippen molar-refractivity contribution in [2.75, 3.05) is 0 Å². The molecule has 0 unspecified atom stereocenters. The number of hydrogen-bond donors (Lipinski definition) is 1. The third kappa shape index (κ3) is 16.8. The van der Waals surface area contributed by atoms with Crippen LogP contribution in [-0.4, -0.2) is 65.8 Å². The predicted molar refractivity (Wildman–Crippen MR) is 122 cm³/mol. The molecule has 6 aromatic heterocycles. The van der Waals surface area contributed by atoms with E-state index >= 15 is 0 Å². The second kappa shape index (κ2) is 18.7. The molecule has 36 heavy (non-hydrogen) atoms. The largest absolute Gasteiger partial charge is 0.428 e. The molecule has 0 spiro atoms. The third-order valence-corrected chi connectivity index (χ3v) is 3.51. The topological polar surface area (TPSA) is 223 Å². The predicted octanol–water partition coefficient (Wildman–Crippen LogP) is 2.47. The van der Waals surface area contributed by atoms with Gasteiger partial charge in [0.25, 0.3) is 0 Å². The van der Waals surface area contributed by atoms with Crippen LogP contribution < -0.4 is 0 Å².